The van der Waals surface area contributed by atoms with Crippen molar-refractivity contribution < 1.29 is 4.79 Å². The topological polar surface area (TPSA) is 29.1 Å². The molecule has 0 unspecified atom stereocenters. The third-order valence-corrected chi connectivity index (χ3v) is 6.27. The third kappa shape index (κ3) is 3.48. The van der Waals surface area contributed by atoms with Crippen molar-refractivity contribution in [3.8, 4) is 0 Å². The minimum Gasteiger partial charge on any atom is -0.325 e. The number of carbonyl (C=O) groups excluding carboxylic acids is 1. The van der Waals surface area contributed by atoms with Gasteiger partial charge in [-0.25, -0.2) is 0 Å². The molecule has 1 amide bonds. The zero-order valence-corrected chi connectivity index (χ0v) is 18.0. The van der Waals surface area contributed by atoms with Gasteiger partial charge in [0.2, 0.25) is 5.91 Å². The van der Waals surface area contributed by atoms with Crippen molar-refractivity contribution in [2.24, 2.45) is 5.92 Å². The molecule has 1 aliphatic rings. The Labute approximate surface area is 174 Å². The maximum atomic E-state index is 13.4. The van der Waals surface area contributed by atoms with Crippen molar-refractivity contribution in [1.82, 2.24) is 0 Å². The molecule has 3 aromatic rings. The number of hydrogen-bond acceptors (Lipinski definition) is 1. The maximum absolute atomic E-state index is 13.4. The minimum absolute atomic E-state index is 0.0637. The van der Waals surface area contributed by atoms with Crippen LogP contribution in [0.3, 0.4) is 0 Å². The van der Waals surface area contributed by atoms with Gasteiger partial charge in [0.1, 0.15) is 0 Å². The first kappa shape index (κ1) is 19.4. The number of hydrogen-bond donors (Lipinski definition) is 1. The van der Waals surface area contributed by atoms with E-state index < -0.39 is 0 Å². The van der Waals surface area contributed by atoms with Crippen molar-refractivity contribution in [2.45, 2.75) is 46.5 Å². The molecule has 2 nitrogen and oxygen atoms in total. The van der Waals surface area contributed by atoms with Crippen LogP contribution in [0.1, 0.15) is 45.4 Å². The highest BCUT2D eigenvalue weighted by Crippen LogP contribution is 2.59. The van der Waals surface area contributed by atoms with Crippen molar-refractivity contribution >= 4 is 11.6 Å². The molecule has 0 radical (unpaired) electrons. The largest absolute Gasteiger partial charge is 0.325 e. The Morgan fingerprint density at radius 2 is 1.31 bits per heavy atom. The molecule has 3 aromatic carbocycles. The molecule has 148 valence electrons. The fourth-order valence-corrected chi connectivity index (χ4v) is 4.82. The van der Waals surface area contributed by atoms with Gasteiger partial charge in [-0.3, -0.25) is 4.79 Å². The zero-order chi connectivity index (χ0) is 20.8. The summed E-state index contributed by atoms with van der Waals surface area (Å²) in [6.07, 6.45) is 0.843. The number of anilines is 1. The lowest BCUT2D eigenvalue weighted by Gasteiger charge is -2.21. The van der Waals surface area contributed by atoms with Crippen molar-refractivity contribution in [3.63, 3.8) is 0 Å². The quantitative estimate of drug-likeness (QED) is 0.573. The molecule has 0 spiro atoms. The molecule has 1 atom stereocenters. The van der Waals surface area contributed by atoms with Gasteiger partial charge in [-0.05, 0) is 63.3 Å². The lowest BCUT2D eigenvalue weighted by Crippen LogP contribution is -2.23. The average Bonchev–Trinajstić information content (AvgIpc) is 3.42. The summed E-state index contributed by atoms with van der Waals surface area (Å²) in [5.41, 5.74) is 9.10. The van der Waals surface area contributed by atoms with Gasteiger partial charge in [-0.15, -0.1) is 0 Å². The summed E-state index contributed by atoms with van der Waals surface area (Å²) in [4.78, 5) is 13.4. The summed E-state index contributed by atoms with van der Waals surface area (Å²) >= 11 is 0. The Hall–Kier alpha value is -2.87. The van der Waals surface area contributed by atoms with E-state index in [0.717, 1.165) is 23.2 Å². The number of carbonyl (C=O) groups is 1. The molecule has 0 saturated heterocycles. The van der Waals surface area contributed by atoms with E-state index in [-0.39, 0.29) is 17.2 Å². The van der Waals surface area contributed by atoms with Gasteiger partial charge in [0, 0.05) is 11.1 Å². The normalized spacial score (nSPS) is 17.1. The van der Waals surface area contributed by atoms with E-state index in [9.17, 15) is 4.79 Å². The summed E-state index contributed by atoms with van der Waals surface area (Å²) < 4.78 is 0. The first-order valence-electron chi connectivity index (χ1n) is 10.3. The highest BCUT2D eigenvalue weighted by molar-refractivity contribution is 5.98. The van der Waals surface area contributed by atoms with E-state index in [1.165, 1.54) is 27.8 Å². The number of aryl methyl sites for hydroxylation is 5. The van der Waals surface area contributed by atoms with Gasteiger partial charge in [0.05, 0.1) is 5.92 Å². The van der Waals surface area contributed by atoms with Crippen LogP contribution in [0.15, 0.2) is 60.7 Å². The number of rotatable bonds is 4. The summed E-state index contributed by atoms with van der Waals surface area (Å²) in [5.74, 6) is 0.0502. The predicted octanol–water partition coefficient (Wildman–Crippen LogP) is 6.17. The summed E-state index contributed by atoms with van der Waals surface area (Å²) in [7, 11) is 0. The van der Waals surface area contributed by atoms with Crippen LogP contribution in [0.25, 0.3) is 0 Å². The molecule has 0 bridgehead atoms. The minimum atomic E-state index is -0.241. The van der Waals surface area contributed by atoms with Crippen LogP contribution in [0.4, 0.5) is 5.69 Å². The molecule has 0 heterocycles. The van der Waals surface area contributed by atoms with Gasteiger partial charge in [0.25, 0.3) is 0 Å². The summed E-state index contributed by atoms with van der Waals surface area (Å²) in [5, 5.41) is 3.25. The van der Waals surface area contributed by atoms with Crippen molar-refractivity contribution in [3.05, 3.63) is 99.6 Å². The van der Waals surface area contributed by atoms with Crippen LogP contribution >= 0.6 is 0 Å². The first-order valence-corrected chi connectivity index (χ1v) is 10.3. The molecule has 0 aromatic heterocycles. The maximum Gasteiger partial charge on any atom is 0.228 e. The van der Waals surface area contributed by atoms with E-state index in [1.807, 2.05) is 0 Å². The van der Waals surface area contributed by atoms with Gasteiger partial charge < -0.3 is 5.32 Å². The molecule has 1 N–H and O–H groups in total. The number of nitrogens with one attached hydrogen (secondary N) is 1. The predicted molar refractivity (Wildman–Crippen MR) is 121 cm³/mol. The SMILES string of the molecule is Cc1cccc(C2(c3cccc(C)c3)C[C@@H]2C(=O)Nc2c(C)cc(C)cc2C)c1. The Morgan fingerprint density at radius 3 is 1.79 bits per heavy atom. The smallest absolute Gasteiger partial charge is 0.228 e. The summed E-state index contributed by atoms with van der Waals surface area (Å²) in [6.45, 7) is 10.5. The van der Waals surface area contributed by atoms with Crippen molar-refractivity contribution in [1.29, 1.82) is 0 Å². The van der Waals surface area contributed by atoms with Gasteiger partial charge in [-0.2, -0.15) is 0 Å². The highest BCUT2D eigenvalue weighted by atomic mass is 16.2. The lowest BCUT2D eigenvalue weighted by molar-refractivity contribution is -0.117. The van der Waals surface area contributed by atoms with Gasteiger partial charge >= 0.3 is 0 Å². The molecule has 29 heavy (non-hydrogen) atoms. The van der Waals surface area contributed by atoms with Crippen LogP contribution in [0.2, 0.25) is 0 Å². The van der Waals surface area contributed by atoms with E-state index in [0.29, 0.717) is 0 Å². The van der Waals surface area contributed by atoms with Crippen molar-refractivity contribution in [2.75, 3.05) is 5.32 Å². The molecule has 1 aliphatic carbocycles. The molecule has 2 heteroatoms. The first-order chi connectivity index (χ1) is 13.8. The second-order valence-electron chi connectivity index (χ2n) is 8.73. The Kier molecular flexibility index (Phi) is 4.82. The van der Waals surface area contributed by atoms with Crippen LogP contribution in [0, 0.1) is 40.5 Å². The van der Waals surface area contributed by atoms with Gasteiger partial charge in [-0.1, -0.05) is 77.4 Å². The van der Waals surface area contributed by atoms with Crippen LogP contribution < -0.4 is 5.32 Å². The van der Waals surface area contributed by atoms with E-state index >= 15 is 0 Å². The second-order valence-corrected chi connectivity index (χ2v) is 8.73. The fraction of sp³-hybridized carbons (Fsp3) is 0.296. The second kappa shape index (κ2) is 7.18. The molecular weight excluding hydrogens is 354 g/mol. The number of benzene rings is 3. The lowest BCUT2D eigenvalue weighted by atomic mass is 9.84. The van der Waals surface area contributed by atoms with Crippen LogP contribution in [-0.2, 0) is 10.2 Å². The van der Waals surface area contributed by atoms with E-state index in [4.69, 9.17) is 0 Å². The standard InChI is InChI=1S/C27H29NO/c1-17-8-6-10-22(14-17)27(23-11-7-9-18(2)15-23)16-24(27)26(29)28-25-20(4)12-19(3)13-21(25)5/h6-15,24H,16H2,1-5H3,(H,28,29)/t24-/m1/s1. The fourth-order valence-electron chi connectivity index (χ4n) is 4.82. The molecular formula is C27H29NO. The molecule has 0 aliphatic heterocycles. The highest BCUT2D eigenvalue weighted by Gasteiger charge is 2.60. The van der Waals surface area contributed by atoms with Crippen LogP contribution in [-0.4, -0.2) is 5.91 Å². The Morgan fingerprint density at radius 1 is 0.793 bits per heavy atom. The summed E-state index contributed by atoms with van der Waals surface area (Å²) in [6, 6.07) is 21.5. The molecule has 1 fully saturated rings. The molecule has 4 rings (SSSR count). The Bertz CT molecular complexity index is 1030. The van der Waals surface area contributed by atoms with E-state index in [2.05, 4.69) is 101 Å². The van der Waals surface area contributed by atoms with Crippen LogP contribution in [0.5, 0.6) is 0 Å². The average molecular weight is 384 g/mol. The van der Waals surface area contributed by atoms with E-state index in [1.54, 1.807) is 0 Å². The molecule has 1 saturated carbocycles. The number of amides is 1. The van der Waals surface area contributed by atoms with Gasteiger partial charge in [0.15, 0.2) is 0 Å². The third-order valence-electron chi connectivity index (χ3n) is 6.27. The monoisotopic (exact) mass is 383 g/mol. The Balaban J connectivity index is 1.72. The zero-order valence-electron chi connectivity index (χ0n) is 18.0.